The number of thiazole rings is 1. The maximum absolute atomic E-state index is 13.7. The Morgan fingerprint density at radius 1 is 0.961 bits per heavy atom. The van der Waals surface area contributed by atoms with Gasteiger partial charge < -0.3 is 14.5 Å². The van der Waals surface area contributed by atoms with Crippen LogP contribution in [0.2, 0.25) is 0 Å². The normalized spacial score (nSPS) is 18.5. The van der Waals surface area contributed by atoms with Crippen LogP contribution in [0.25, 0.3) is 21.8 Å². The number of nitrogens with zero attached hydrogens (tertiary/aromatic N) is 7. The summed E-state index contributed by atoms with van der Waals surface area (Å²) in [7, 11) is 0. The van der Waals surface area contributed by atoms with E-state index in [9.17, 15) is 27.6 Å². The molecule has 0 saturated carbocycles. The molecule has 3 aliphatic heterocycles. The Balaban J connectivity index is 0.986. The van der Waals surface area contributed by atoms with E-state index in [-0.39, 0.29) is 17.9 Å². The Labute approximate surface area is 297 Å². The van der Waals surface area contributed by atoms with E-state index in [4.69, 9.17) is 4.74 Å². The predicted octanol–water partition coefficient (Wildman–Crippen LogP) is 6.77. The van der Waals surface area contributed by atoms with Crippen LogP contribution in [0, 0.1) is 6.92 Å². The molecule has 1 atom stereocenters. The molecule has 4 aromatic rings. The zero-order chi connectivity index (χ0) is 36.2. The highest BCUT2D eigenvalue weighted by Gasteiger charge is 2.40. The van der Waals surface area contributed by atoms with Crippen LogP contribution >= 0.6 is 11.3 Å². The van der Waals surface area contributed by atoms with Crippen molar-refractivity contribution >= 4 is 34.9 Å². The number of amides is 3. The Morgan fingerprint density at radius 3 is 2.37 bits per heavy atom. The minimum absolute atomic E-state index is 0.0337. The summed E-state index contributed by atoms with van der Waals surface area (Å²) in [6.07, 6.45) is -0.588. The molecule has 0 N–H and O–H groups in total. The fraction of sp³-hybridized carbons (Fsp3) is 0.444. The van der Waals surface area contributed by atoms with Gasteiger partial charge in [-0.05, 0) is 71.1 Å². The summed E-state index contributed by atoms with van der Waals surface area (Å²) in [5.41, 5.74) is 2.54. The van der Waals surface area contributed by atoms with Gasteiger partial charge >= 0.3 is 12.3 Å². The van der Waals surface area contributed by atoms with E-state index in [1.54, 1.807) is 27.6 Å². The first-order chi connectivity index (χ1) is 24.2. The topological polar surface area (TPSA) is 114 Å². The minimum atomic E-state index is -4.43. The van der Waals surface area contributed by atoms with Crippen molar-refractivity contribution in [3.63, 3.8) is 0 Å². The maximum atomic E-state index is 13.7. The number of carbonyl (C=O) groups is 3. The van der Waals surface area contributed by atoms with Crippen molar-refractivity contribution in [3.8, 4) is 21.8 Å². The lowest BCUT2D eigenvalue weighted by atomic mass is 10.0. The van der Waals surface area contributed by atoms with Gasteiger partial charge in [-0.25, -0.2) is 14.5 Å². The van der Waals surface area contributed by atoms with Gasteiger partial charge in [0.1, 0.15) is 28.0 Å². The van der Waals surface area contributed by atoms with Crippen LogP contribution in [-0.2, 0) is 22.1 Å². The Kier molecular flexibility index (Phi) is 8.88. The summed E-state index contributed by atoms with van der Waals surface area (Å²) >= 11 is 1.27. The second-order valence-electron chi connectivity index (χ2n) is 14.1. The van der Waals surface area contributed by atoms with Crippen LogP contribution in [0.5, 0.6) is 0 Å². The van der Waals surface area contributed by atoms with Crippen molar-refractivity contribution in [2.45, 2.75) is 77.2 Å². The van der Waals surface area contributed by atoms with Gasteiger partial charge in [-0.2, -0.15) is 13.2 Å². The standard InChI is InChI=1S/C36H38F3N7O4S/c1-21-29(40-31(51-21)23-8-10-24(11-9-23)36(37,38)39)33(48)43-16-13-25(14-17-43)44-19-15-28(32(44)47)46-20-27(41-42-46)26-7-5-6-22-12-18-45(30(22)26)34(49)50-35(2,3)4/h5-11,20,25,28H,12-19H2,1-4H3. The zero-order valence-corrected chi connectivity index (χ0v) is 29.6. The highest BCUT2D eigenvalue weighted by atomic mass is 32.1. The molecule has 11 nitrogen and oxygen atoms in total. The molecular weight excluding hydrogens is 684 g/mol. The number of rotatable bonds is 5. The number of aryl methyl sites for hydroxylation is 1. The molecule has 51 heavy (non-hydrogen) atoms. The molecular formula is C36H38F3N7O4S. The molecule has 5 heterocycles. The molecule has 0 bridgehead atoms. The third-order valence-corrected chi connectivity index (χ3v) is 10.6. The summed E-state index contributed by atoms with van der Waals surface area (Å²) in [6, 6.07) is 10.0. The summed E-state index contributed by atoms with van der Waals surface area (Å²) in [5.74, 6) is -0.264. The van der Waals surface area contributed by atoms with Gasteiger partial charge in [0.15, 0.2) is 0 Å². The third-order valence-electron chi connectivity index (χ3n) is 9.58. The summed E-state index contributed by atoms with van der Waals surface area (Å²) in [5, 5.41) is 9.26. The number of carbonyl (C=O) groups excluding carboxylic acids is 3. The average Bonchev–Trinajstić information content (AvgIpc) is 3.89. The maximum Gasteiger partial charge on any atom is 0.416 e. The number of halogens is 3. The lowest BCUT2D eigenvalue weighted by Crippen LogP contribution is -2.47. The molecule has 0 aliphatic carbocycles. The highest BCUT2D eigenvalue weighted by Crippen LogP contribution is 2.39. The number of ether oxygens (including phenoxy) is 1. The molecule has 3 amide bonds. The molecule has 2 saturated heterocycles. The molecule has 0 spiro atoms. The van der Waals surface area contributed by atoms with Crippen molar-refractivity contribution < 1.29 is 32.3 Å². The lowest BCUT2D eigenvalue weighted by molar-refractivity contribution is -0.137. The molecule has 268 valence electrons. The number of hydrogen-bond donors (Lipinski definition) is 0. The number of alkyl halides is 3. The summed E-state index contributed by atoms with van der Waals surface area (Å²) in [4.78, 5) is 50.7. The van der Waals surface area contributed by atoms with Crippen molar-refractivity contribution in [3.05, 3.63) is 70.4 Å². The van der Waals surface area contributed by atoms with E-state index in [0.29, 0.717) is 78.7 Å². The Hall–Kier alpha value is -4.79. The van der Waals surface area contributed by atoms with Gasteiger partial charge in [-0.3, -0.25) is 14.5 Å². The summed E-state index contributed by atoms with van der Waals surface area (Å²) < 4.78 is 46.3. The van der Waals surface area contributed by atoms with Gasteiger partial charge in [0.2, 0.25) is 5.91 Å². The zero-order valence-electron chi connectivity index (χ0n) is 28.7. The first-order valence-electron chi connectivity index (χ1n) is 17.0. The molecule has 15 heteroatoms. The molecule has 2 aromatic carbocycles. The molecule has 2 aromatic heterocycles. The first kappa shape index (κ1) is 34.6. The number of aromatic nitrogens is 4. The summed E-state index contributed by atoms with van der Waals surface area (Å²) in [6.45, 7) is 9.25. The molecule has 0 radical (unpaired) electrons. The van der Waals surface area contributed by atoms with Crippen molar-refractivity contribution in [1.29, 1.82) is 0 Å². The van der Waals surface area contributed by atoms with Crippen molar-refractivity contribution in [2.75, 3.05) is 31.1 Å². The predicted molar refractivity (Wildman–Crippen MR) is 184 cm³/mol. The van der Waals surface area contributed by atoms with E-state index in [2.05, 4.69) is 15.3 Å². The van der Waals surface area contributed by atoms with E-state index in [1.807, 2.05) is 43.9 Å². The number of anilines is 1. The minimum Gasteiger partial charge on any atom is -0.443 e. The van der Waals surface area contributed by atoms with Crippen LogP contribution in [0.15, 0.2) is 48.7 Å². The average molecular weight is 722 g/mol. The second kappa shape index (κ2) is 13.1. The van der Waals surface area contributed by atoms with Crippen LogP contribution in [-0.4, -0.2) is 85.5 Å². The van der Waals surface area contributed by atoms with Crippen LogP contribution < -0.4 is 4.90 Å². The first-order valence-corrected chi connectivity index (χ1v) is 17.8. The van der Waals surface area contributed by atoms with Crippen LogP contribution in [0.4, 0.5) is 23.7 Å². The fourth-order valence-corrected chi connectivity index (χ4v) is 7.97. The quantitative estimate of drug-likeness (QED) is 0.224. The highest BCUT2D eigenvalue weighted by molar-refractivity contribution is 7.15. The van der Waals surface area contributed by atoms with Gasteiger partial charge in [-0.15, -0.1) is 16.4 Å². The number of para-hydroxylation sites is 1. The SMILES string of the molecule is Cc1sc(-c2ccc(C(F)(F)F)cc2)nc1C(=O)N1CCC(N2CCC(n3cc(-c4cccc5c4N(C(=O)OC(C)(C)C)CC5)nn3)C2=O)CC1. The number of likely N-dealkylation sites (tertiary alicyclic amines) is 2. The lowest BCUT2D eigenvalue weighted by Gasteiger charge is -2.36. The van der Waals surface area contributed by atoms with E-state index < -0.39 is 29.5 Å². The van der Waals surface area contributed by atoms with E-state index >= 15 is 0 Å². The second-order valence-corrected chi connectivity index (χ2v) is 15.3. The van der Waals surface area contributed by atoms with Gasteiger partial charge in [0.05, 0.1) is 17.4 Å². The molecule has 1 unspecified atom stereocenters. The van der Waals surface area contributed by atoms with Crippen LogP contribution in [0.3, 0.4) is 0 Å². The van der Waals surface area contributed by atoms with E-state index in [0.717, 1.165) is 28.9 Å². The smallest absolute Gasteiger partial charge is 0.416 e. The van der Waals surface area contributed by atoms with Gasteiger partial charge in [-0.1, -0.05) is 35.5 Å². The molecule has 2 fully saturated rings. The number of piperidine rings is 1. The van der Waals surface area contributed by atoms with Crippen molar-refractivity contribution in [1.82, 2.24) is 29.8 Å². The monoisotopic (exact) mass is 721 g/mol. The van der Waals surface area contributed by atoms with Gasteiger partial charge in [0.25, 0.3) is 5.91 Å². The van der Waals surface area contributed by atoms with Crippen LogP contribution in [0.1, 0.15) is 72.6 Å². The third kappa shape index (κ3) is 6.83. The number of hydrogen-bond acceptors (Lipinski definition) is 8. The Morgan fingerprint density at radius 2 is 1.69 bits per heavy atom. The molecule has 7 rings (SSSR count). The number of fused-ring (bicyclic) bond motifs is 1. The van der Waals surface area contributed by atoms with Gasteiger partial charge in [0, 0.05) is 48.2 Å². The van der Waals surface area contributed by atoms with E-state index in [1.165, 1.54) is 23.5 Å². The largest absolute Gasteiger partial charge is 0.443 e. The van der Waals surface area contributed by atoms with Crippen molar-refractivity contribution in [2.24, 2.45) is 0 Å². The fourth-order valence-electron chi connectivity index (χ4n) is 7.06. The number of benzene rings is 2. The molecule has 3 aliphatic rings. The Bertz CT molecular complexity index is 1980.